The number of nitrogens with one attached hydrogen (secondary N) is 3. The molecule has 0 amide bonds. The highest BCUT2D eigenvalue weighted by molar-refractivity contribution is 5.28. The van der Waals surface area contributed by atoms with Crippen LogP contribution in [-0.2, 0) is 0 Å². The molecule has 0 unspecified atom stereocenters. The number of anilines is 1. The zero-order valence-corrected chi connectivity index (χ0v) is 11.1. The normalized spacial score (nSPS) is 10.8. The lowest BCUT2D eigenvalue weighted by Gasteiger charge is -2.05. The predicted molar refractivity (Wildman–Crippen MR) is 71.9 cm³/mol. The number of unbranched alkanes of at least 4 members (excludes halogenated alkanes) is 3. The van der Waals surface area contributed by atoms with Gasteiger partial charge in [-0.3, -0.25) is 9.78 Å². The molecule has 6 nitrogen and oxygen atoms in total. The standard InChI is InChI=1S/C12H22N4O2/c1-9(2)7-5-3-4-6-8-13-10-11(17)14-12(18)16-15-10/h9H,3-8H2,1-2H3,(H,13,15)(H2,14,16,17,18). The molecule has 0 aromatic carbocycles. The van der Waals surface area contributed by atoms with E-state index in [0.717, 1.165) is 18.8 Å². The highest BCUT2D eigenvalue weighted by atomic mass is 16.2. The molecule has 1 rings (SSSR count). The molecule has 0 saturated heterocycles. The molecule has 1 heterocycles. The first-order chi connectivity index (χ1) is 8.59. The van der Waals surface area contributed by atoms with Crippen LogP contribution in [0, 0.1) is 5.92 Å². The van der Waals surface area contributed by atoms with Crippen molar-refractivity contribution in [1.82, 2.24) is 15.2 Å². The topological polar surface area (TPSA) is 90.6 Å². The summed E-state index contributed by atoms with van der Waals surface area (Å²) in [6.07, 6.45) is 5.89. The van der Waals surface area contributed by atoms with Gasteiger partial charge >= 0.3 is 5.69 Å². The van der Waals surface area contributed by atoms with Crippen molar-refractivity contribution in [2.24, 2.45) is 5.92 Å². The minimum Gasteiger partial charge on any atom is -0.364 e. The lowest BCUT2D eigenvalue weighted by Crippen LogP contribution is -2.27. The van der Waals surface area contributed by atoms with E-state index in [2.05, 4.69) is 34.3 Å². The lowest BCUT2D eigenvalue weighted by atomic mass is 10.0. The largest absolute Gasteiger partial charge is 0.364 e. The molecule has 0 spiro atoms. The van der Waals surface area contributed by atoms with Crippen molar-refractivity contribution in [2.75, 3.05) is 11.9 Å². The molecule has 6 heteroatoms. The van der Waals surface area contributed by atoms with Crippen LogP contribution in [0.3, 0.4) is 0 Å². The number of H-pyrrole nitrogens is 2. The zero-order chi connectivity index (χ0) is 13.4. The molecular formula is C12H22N4O2. The molecular weight excluding hydrogens is 232 g/mol. The Morgan fingerprint density at radius 1 is 1.17 bits per heavy atom. The van der Waals surface area contributed by atoms with Crippen LogP contribution >= 0.6 is 0 Å². The fourth-order valence-electron chi connectivity index (χ4n) is 1.71. The summed E-state index contributed by atoms with van der Waals surface area (Å²) in [6.45, 7) is 5.16. The van der Waals surface area contributed by atoms with Gasteiger partial charge in [0.05, 0.1) is 0 Å². The maximum absolute atomic E-state index is 11.3. The van der Waals surface area contributed by atoms with E-state index >= 15 is 0 Å². The van der Waals surface area contributed by atoms with Gasteiger partial charge in [0, 0.05) is 6.54 Å². The van der Waals surface area contributed by atoms with Crippen molar-refractivity contribution in [3.63, 3.8) is 0 Å². The Morgan fingerprint density at radius 3 is 2.56 bits per heavy atom. The second-order valence-corrected chi connectivity index (χ2v) is 4.88. The Hall–Kier alpha value is -1.59. The van der Waals surface area contributed by atoms with Crippen LogP contribution in [0.2, 0.25) is 0 Å². The summed E-state index contributed by atoms with van der Waals surface area (Å²) in [5.74, 6) is 0.948. The summed E-state index contributed by atoms with van der Waals surface area (Å²) in [5, 5.41) is 8.75. The van der Waals surface area contributed by atoms with Crippen molar-refractivity contribution in [3.8, 4) is 0 Å². The molecule has 3 N–H and O–H groups in total. The molecule has 0 radical (unpaired) electrons. The zero-order valence-electron chi connectivity index (χ0n) is 11.1. The number of aromatic amines is 2. The van der Waals surface area contributed by atoms with Crippen LogP contribution in [0.25, 0.3) is 0 Å². The Kier molecular flexibility index (Phi) is 6.18. The molecule has 0 aliphatic rings. The van der Waals surface area contributed by atoms with Gasteiger partial charge in [-0.15, -0.1) is 5.10 Å². The average Bonchev–Trinajstić information content (AvgIpc) is 2.30. The Bertz CT molecular complexity index is 450. The fourth-order valence-corrected chi connectivity index (χ4v) is 1.71. The van der Waals surface area contributed by atoms with E-state index in [-0.39, 0.29) is 5.82 Å². The second kappa shape index (κ2) is 7.68. The SMILES string of the molecule is CC(C)CCCCCCNc1n[nH]c(=O)[nH]c1=O. The van der Waals surface area contributed by atoms with Gasteiger partial charge in [-0.05, 0) is 12.3 Å². The Labute approximate surface area is 106 Å². The van der Waals surface area contributed by atoms with Crippen LogP contribution in [0.4, 0.5) is 5.82 Å². The minimum absolute atomic E-state index is 0.178. The molecule has 1 aromatic rings. The molecule has 0 aliphatic heterocycles. The Morgan fingerprint density at radius 2 is 1.89 bits per heavy atom. The van der Waals surface area contributed by atoms with Gasteiger partial charge < -0.3 is 5.32 Å². The van der Waals surface area contributed by atoms with E-state index in [4.69, 9.17) is 0 Å². The maximum atomic E-state index is 11.3. The highest BCUT2D eigenvalue weighted by Gasteiger charge is 2.00. The van der Waals surface area contributed by atoms with Crippen molar-refractivity contribution < 1.29 is 0 Å². The quantitative estimate of drug-likeness (QED) is 0.613. The summed E-state index contributed by atoms with van der Waals surface area (Å²) in [7, 11) is 0. The lowest BCUT2D eigenvalue weighted by molar-refractivity contribution is 0.523. The van der Waals surface area contributed by atoms with Gasteiger partial charge in [0.25, 0.3) is 5.56 Å². The summed E-state index contributed by atoms with van der Waals surface area (Å²) in [6, 6.07) is 0. The van der Waals surface area contributed by atoms with Gasteiger partial charge in [0.2, 0.25) is 5.82 Å². The molecule has 1 aromatic heterocycles. The van der Waals surface area contributed by atoms with E-state index in [0.29, 0.717) is 6.54 Å². The average molecular weight is 254 g/mol. The van der Waals surface area contributed by atoms with Gasteiger partial charge in [-0.25, -0.2) is 9.89 Å². The monoisotopic (exact) mass is 254 g/mol. The molecule has 18 heavy (non-hydrogen) atoms. The number of nitrogens with zero attached hydrogens (tertiary/aromatic N) is 1. The fraction of sp³-hybridized carbons (Fsp3) is 0.750. The third-order valence-electron chi connectivity index (χ3n) is 2.71. The number of hydrogen-bond acceptors (Lipinski definition) is 4. The van der Waals surface area contributed by atoms with Crippen molar-refractivity contribution in [3.05, 3.63) is 20.8 Å². The van der Waals surface area contributed by atoms with Gasteiger partial charge in [-0.2, -0.15) is 0 Å². The number of rotatable bonds is 8. The highest BCUT2D eigenvalue weighted by Crippen LogP contribution is 2.09. The maximum Gasteiger partial charge on any atom is 0.342 e. The first kappa shape index (κ1) is 14.5. The predicted octanol–water partition coefficient (Wildman–Crippen LogP) is 1.48. The number of aromatic nitrogens is 3. The smallest absolute Gasteiger partial charge is 0.342 e. The van der Waals surface area contributed by atoms with E-state index < -0.39 is 11.2 Å². The third-order valence-corrected chi connectivity index (χ3v) is 2.71. The number of hydrogen-bond donors (Lipinski definition) is 3. The van der Waals surface area contributed by atoms with Gasteiger partial charge in [0.15, 0.2) is 0 Å². The van der Waals surface area contributed by atoms with Crippen molar-refractivity contribution in [2.45, 2.75) is 46.0 Å². The third kappa shape index (κ3) is 5.65. The van der Waals surface area contributed by atoms with E-state index in [1.165, 1.54) is 19.3 Å². The summed E-state index contributed by atoms with van der Waals surface area (Å²) < 4.78 is 0. The van der Waals surface area contributed by atoms with Gasteiger partial charge in [0.1, 0.15) is 0 Å². The molecule has 0 saturated carbocycles. The molecule has 0 bridgehead atoms. The summed E-state index contributed by atoms with van der Waals surface area (Å²) in [5.41, 5.74) is -1.06. The minimum atomic E-state index is -0.584. The van der Waals surface area contributed by atoms with E-state index in [1.54, 1.807) is 0 Å². The van der Waals surface area contributed by atoms with Crippen molar-refractivity contribution >= 4 is 5.82 Å². The van der Waals surface area contributed by atoms with Crippen LogP contribution in [0.15, 0.2) is 9.59 Å². The molecule has 0 fully saturated rings. The van der Waals surface area contributed by atoms with Gasteiger partial charge in [-0.1, -0.05) is 39.5 Å². The first-order valence-corrected chi connectivity index (χ1v) is 6.52. The van der Waals surface area contributed by atoms with Crippen LogP contribution in [-0.4, -0.2) is 21.7 Å². The van der Waals surface area contributed by atoms with E-state index in [9.17, 15) is 9.59 Å². The van der Waals surface area contributed by atoms with Crippen LogP contribution < -0.4 is 16.6 Å². The van der Waals surface area contributed by atoms with Crippen molar-refractivity contribution in [1.29, 1.82) is 0 Å². The molecule has 0 atom stereocenters. The summed E-state index contributed by atoms with van der Waals surface area (Å²) in [4.78, 5) is 24.1. The second-order valence-electron chi connectivity index (χ2n) is 4.88. The van der Waals surface area contributed by atoms with E-state index in [1.807, 2.05) is 0 Å². The van der Waals surface area contributed by atoms with Crippen LogP contribution in [0.1, 0.15) is 46.0 Å². The first-order valence-electron chi connectivity index (χ1n) is 6.52. The molecule has 102 valence electrons. The van der Waals surface area contributed by atoms with Crippen LogP contribution in [0.5, 0.6) is 0 Å². The Balaban J connectivity index is 2.14. The molecule has 0 aliphatic carbocycles. The summed E-state index contributed by atoms with van der Waals surface area (Å²) >= 11 is 0.